The molecule has 2 aliphatic rings. The average molecular weight is 274 g/mol. The molecule has 0 radical (unpaired) electrons. The Morgan fingerprint density at radius 2 is 2.15 bits per heavy atom. The van der Waals surface area contributed by atoms with Crippen LogP contribution < -0.4 is 5.32 Å². The molecule has 20 heavy (non-hydrogen) atoms. The lowest BCUT2D eigenvalue weighted by Gasteiger charge is -2.40. The zero-order valence-corrected chi connectivity index (χ0v) is 12.4. The Labute approximate surface area is 119 Å². The van der Waals surface area contributed by atoms with Gasteiger partial charge in [-0.2, -0.15) is 0 Å². The second-order valence-electron chi connectivity index (χ2n) is 6.32. The van der Waals surface area contributed by atoms with Gasteiger partial charge in [-0.05, 0) is 44.2 Å². The van der Waals surface area contributed by atoms with Crippen molar-refractivity contribution in [2.24, 2.45) is 5.92 Å². The van der Waals surface area contributed by atoms with Crippen LogP contribution in [0.1, 0.15) is 36.5 Å². The minimum Gasteiger partial charge on any atom is -0.364 e. The number of hydrogen-bond donors (Lipinski definition) is 2. The lowest BCUT2D eigenvalue weighted by atomic mass is 9.93. The predicted octanol–water partition coefficient (Wildman–Crippen LogP) is 2.13. The van der Waals surface area contributed by atoms with E-state index >= 15 is 0 Å². The van der Waals surface area contributed by atoms with Crippen molar-refractivity contribution in [1.29, 1.82) is 0 Å². The third-order valence-electron chi connectivity index (χ3n) is 4.53. The van der Waals surface area contributed by atoms with E-state index in [4.69, 9.17) is 0 Å². The van der Waals surface area contributed by atoms with Crippen LogP contribution in [0.3, 0.4) is 0 Å². The van der Waals surface area contributed by atoms with Crippen molar-refractivity contribution in [2.45, 2.75) is 39.3 Å². The topological polar surface area (TPSA) is 52.6 Å². The highest BCUT2D eigenvalue weighted by atomic mass is 16.3. The van der Waals surface area contributed by atoms with Crippen LogP contribution >= 0.6 is 0 Å². The number of fused-ring (bicyclic) bond motifs is 1. The number of aliphatic hydroxyl groups is 1. The van der Waals surface area contributed by atoms with E-state index < -0.39 is 5.72 Å². The van der Waals surface area contributed by atoms with Gasteiger partial charge in [-0.1, -0.05) is 18.6 Å². The Morgan fingerprint density at radius 3 is 2.85 bits per heavy atom. The van der Waals surface area contributed by atoms with Crippen molar-refractivity contribution in [2.75, 3.05) is 18.4 Å². The van der Waals surface area contributed by atoms with Gasteiger partial charge in [0, 0.05) is 18.7 Å². The van der Waals surface area contributed by atoms with E-state index in [0.29, 0.717) is 11.5 Å². The molecule has 0 bridgehead atoms. The van der Waals surface area contributed by atoms with Gasteiger partial charge in [0.25, 0.3) is 5.91 Å². The predicted molar refractivity (Wildman–Crippen MR) is 78.4 cm³/mol. The van der Waals surface area contributed by atoms with Crippen molar-refractivity contribution in [3.63, 3.8) is 0 Å². The Morgan fingerprint density at radius 1 is 1.40 bits per heavy atom. The summed E-state index contributed by atoms with van der Waals surface area (Å²) in [5, 5.41) is 14.0. The number of benzene rings is 1. The first kappa shape index (κ1) is 13.6. The molecule has 2 aliphatic heterocycles. The number of rotatable bonds is 1. The first-order chi connectivity index (χ1) is 9.42. The summed E-state index contributed by atoms with van der Waals surface area (Å²) in [6.45, 7) is 7.66. The number of carbonyl (C=O) groups is 1. The second-order valence-corrected chi connectivity index (χ2v) is 6.32. The third kappa shape index (κ3) is 1.86. The van der Waals surface area contributed by atoms with E-state index in [1.54, 1.807) is 0 Å². The van der Waals surface area contributed by atoms with Crippen molar-refractivity contribution in [1.82, 2.24) is 4.90 Å². The number of amides is 1. The highest BCUT2D eigenvalue weighted by molar-refractivity contribution is 6.05. The van der Waals surface area contributed by atoms with E-state index in [1.807, 2.05) is 30.9 Å². The molecular weight excluding hydrogens is 252 g/mol. The summed E-state index contributed by atoms with van der Waals surface area (Å²) in [6, 6.07) is 3.96. The first-order valence-corrected chi connectivity index (χ1v) is 7.33. The van der Waals surface area contributed by atoms with E-state index in [9.17, 15) is 9.90 Å². The van der Waals surface area contributed by atoms with Gasteiger partial charge in [0.1, 0.15) is 0 Å². The number of nitrogens with one attached hydrogen (secondary N) is 1. The Hall–Kier alpha value is -1.39. The number of aryl methyl sites for hydroxylation is 2. The maximum atomic E-state index is 12.4. The zero-order valence-electron chi connectivity index (χ0n) is 12.4. The monoisotopic (exact) mass is 274 g/mol. The van der Waals surface area contributed by atoms with E-state index in [2.05, 4.69) is 12.2 Å². The van der Waals surface area contributed by atoms with Gasteiger partial charge in [-0.25, -0.2) is 0 Å². The highest BCUT2D eigenvalue weighted by Gasteiger charge is 2.51. The summed E-state index contributed by atoms with van der Waals surface area (Å²) in [5.41, 5.74) is 2.08. The lowest BCUT2D eigenvalue weighted by molar-refractivity contribution is -0.163. The van der Waals surface area contributed by atoms with Gasteiger partial charge in [0.05, 0.1) is 5.69 Å². The summed E-state index contributed by atoms with van der Waals surface area (Å²) in [5.74, 6) is 0.200. The zero-order chi connectivity index (χ0) is 14.5. The molecule has 1 amide bonds. The van der Waals surface area contributed by atoms with Crippen LogP contribution in [0.25, 0.3) is 0 Å². The molecule has 0 unspecified atom stereocenters. The second kappa shape index (κ2) is 4.57. The molecule has 0 saturated carbocycles. The summed E-state index contributed by atoms with van der Waals surface area (Å²) in [4.78, 5) is 14.4. The fourth-order valence-corrected chi connectivity index (χ4v) is 3.53. The standard InChI is InChI=1S/C16H22N2O2/c1-10-5-4-6-18(9-10)16(20)13-8-11(2)7-12(3)14(13)17-15(16)19/h7-8,10,20H,4-6,9H2,1-3H3,(H,17,19)/t10-,16+/m1/s1. The fraction of sp³-hybridized carbons (Fsp3) is 0.562. The van der Waals surface area contributed by atoms with Gasteiger partial charge < -0.3 is 10.4 Å². The smallest absolute Gasteiger partial charge is 0.276 e. The van der Waals surface area contributed by atoms with Gasteiger partial charge in [-0.15, -0.1) is 0 Å². The number of likely N-dealkylation sites (tertiary alicyclic amines) is 1. The summed E-state index contributed by atoms with van der Waals surface area (Å²) in [7, 11) is 0. The van der Waals surface area contributed by atoms with Crippen LogP contribution in [0.5, 0.6) is 0 Å². The number of hydrogen-bond acceptors (Lipinski definition) is 3. The van der Waals surface area contributed by atoms with E-state index in [1.165, 1.54) is 0 Å². The Balaban J connectivity index is 2.08. The molecule has 3 rings (SSSR count). The molecule has 0 aromatic heterocycles. The summed E-state index contributed by atoms with van der Waals surface area (Å²) in [6.07, 6.45) is 2.19. The van der Waals surface area contributed by atoms with Gasteiger partial charge >= 0.3 is 0 Å². The quantitative estimate of drug-likeness (QED) is 0.825. The molecule has 0 aliphatic carbocycles. The van der Waals surface area contributed by atoms with Crippen LogP contribution in [0.4, 0.5) is 5.69 Å². The SMILES string of the molecule is Cc1cc(C)c2c(c1)[C@@](O)(N1CCC[C@@H](C)C1)C(=O)N2. The molecule has 1 fully saturated rings. The van der Waals surface area contributed by atoms with Crippen molar-refractivity contribution in [3.05, 3.63) is 28.8 Å². The van der Waals surface area contributed by atoms with Crippen molar-refractivity contribution < 1.29 is 9.90 Å². The van der Waals surface area contributed by atoms with E-state index in [0.717, 1.165) is 42.7 Å². The molecule has 2 heterocycles. The number of anilines is 1. The molecule has 4 nitrogen and oxygen atoms in total. The van der Waals surface area contributed by atoms with Gasteiger partial charge in [0.15, 0.2) is 0 Å². The molecule has 2 N–H and O–H groups in total. The molecule has 0 spiro atoms. The first-order valence-electron chi connectivity index (χ1n) is 7.33. The normalized spacial score (nSPS) is 30.2. The van der Waals surface area contributed by atoms with Crippen LogP contribution in [-0.4, -0.2) is 29.0 Å². The maximum absolute atomic E-state index is 12.4. The molecule has 4 heteroatoms. The fourth-order valence-electron chi connectivity index (χ4n) is 3.53. The van der Waals surface area contributed by atoms with E-state index in [-0.39, 0.29) is 5.91 Å². The molecule has 108 valence electrons. The Kier molecular flexibility index (Phi) is 3.10. The molecule has 1 aromatic rings. The molecular formula is C16H22N2O2. The van der Waals surface area contributed by atoms with Crippen LogP contribution in [0.15, 0.2) is 12.1 Å². The van der Waals surface area contributed by atoms with Crippen LogP contribution in [0.2, 0.25) is 0 Å². The Bertz CT molecular complexity index is 570. The molecule has 2 atom stereocenters. The third-order valence-corrected chi connectivity index (χ3v) is 4.53. The average Bonchev–Trinajstić information content (AvgIpc) is 2.64. The number of carbonyl (C=O) groups excluding carboxylic acids is 1. The number of piperidine rings is 1. The highest BCUT2D eigenvalue weighted by Crippen LogP contribution is 2.42. The van der Waals surface area contributed by atoms with Crippen molar-refractivity contribution in [3.8, 4) is 0 Å². The minimum atomic E-state index is -1.50. The molecule has 1 saturated heterocycles. The largest absolute Gasteiger partial charge is 0.364 e. The van der Waals surface area contributed by atoms with Crippen LogP contribution in [0, 0.1) is 19.8 Å². The summed E-state index contributed by atoms with van der Waals surface area (Å²) >= 11 is 0. The lowest BCUT2D eigenvalue weighted by Crippen LogP contribution is -2.54. The van der Waals surface area contributed by atoms with Gasteiger partial charge in [-0.3, -0.25) is 9.69 Å². The van der Waals surface area contributed by atoms with Gasteiger partial charge in [0.2, 0.25) is 5.72 Å². The van der Waals surface area contributed by atoms with Crippen LogP contribution in [-0.2, 0) is 10.5 Å². The molecule has 1 aromatic carbocycles. The maximum Gasteiger partial charge on any atom is 0.276 e. The number of nitrogens with zero attached hydrogens (tertiary/aromatic N) is 1. The minimum absolute atomic E-state index is 0.310. The summed E-state index contributed by atoms with van der Waals surface area (Å²) < 4.78 is 0. The van der Waals surface area contributed by atoms with Crippen molar-refractivity contribution >= 4 is 11.6 Å².